The van der Waals surface area contributed by atoms with E-state index < -0.39 is 5.97 Å². The number of aliphatic carboxylic acids is 1. The Bertz CT molecular complexity index is 462. The fraction of sp³-hybridized carbons (Fsp3) is 0.0909. The second kappa shape index (κ2) is 3.96. The van der Waals surface area contributed by atoms with E-state index in [4.69, 9.17) is 5.11 Å². The monoisotopic (exact) mass is 202 g/mol. The van der Waals surface area contributed by atoms with Crippen molar-refractivity contribution in [1.29, 1.82) is 0 Å². The van der Waals surface area contributed by atoms with E-state index in [9.17, 15) is 4.79 Å². The molecular weight excluding hydrogens is 192 g/mol. The Balaban J connectivity index is 2.37. The second-order valence-corrected chi connectivity index (χ2v) is 3.17. The van der Waals surface area contributed by atoms with Crippen molar-refractivity contribution in [3.05, 3.63) is 42.9 Å². The molecule has 15 heavy (non-hydrogen) atoms. The Hall–Kier alpha value is -2.10. The average molecular weight is 202 g/mol. The lowest BCUT2D eigenvalue weighted by Crippen LogP contribution is -2.08. The summed E-state index contributed by atoms with van der Waals surface area (Å²) in [6.07, 6.45) is 3.19. The molecule has 0 saturated heterocycles. The summed E-state index contributed by atoms with van der Waals surface area (Å²) in [5.41, 5.74) is 1.79. The maximum atomic E-state index is 10.6. The highest BCUT2D eigenvalue weighted by molar-refractivity contribution is 5.68. The number of nitrogens with zero attached hydrogens (tertiary/aromatic N) is 2. The minimum absolute atomic E-state index is 0.0653. The molecule has 76 valence electrons. The number of carboxylic acid groups (broad SMARTS) is 1. The summed E-state index contributed by atoms with van der Waals surface area (Å²) in [5, 5.41) is 8.71. The van der Waals surface area contributed by atoms with Crippen molar-refractivity contribution in [1.82, 2.24) is 9.55 Å². The molecule has 1 heterocycles. The summed E-state index contributed by atoms with van der Waals surface area (Å²) in [4.78, 5) is 14.6. The zero-order chi connectivity index (χ0) is 10.7. The minimum atomic E-state index is -0.870. The van der Waals surface area contributed by atoms with E-state index in [1.165, 1.54) is 6.33 Å². The predicted octanol–water partition coefficient (Wildman–Crippen LogP) is 1.63. The molecule has 0 aliphatic heterocycles. The molecule has 4 heteroatoms. The molecule has 0 spiro atoms. The molecule has 4 nitrogen and oxygen atoms in total. The van der Waals surface area contributed by atoms with Gasteiger partial charge in [-0.3, -0.25) is 4.79 Å². The quantitative estimate of drug-likeness (QED) is 0.823. The van der Waals surface area contributed by atoms with E-state index in [2.05, 4.69) is 4.98 Å². The Morgan fingerprint density at radius 3 is 2.73 bits per heavy atom. The molecule has 2 rings (SSSR count). The molecule has 0 unspecified atom stereocenters. The van der Waals surface area contributed by atoms with Gasteiger partial charge in [0.2, 0.25) is 0 Å². The predicted molar refractivity (Wildman–Crippen MR) is 55.3 cm³/mol. The lowest BCUT2D eigenvalue weighted by atomic mass is 10.2. The van der Waals surface area contributed by atoms with Gasteiger partial charge in [-0.2, -0.15) is 0 Å². The number of hydrogen-bond acceptors (Lipinski definition) is 2. The number of hydrogen-bond donors (Lipinski definition) is 1. The van der Waals surface area contributed by atoms with Crippen molar-refractivity contribution >= 4 is 5.97 Å². The molecule has 1 aromatic carbocycles. The number of carboxylic acids is 1. The third-order valence-electron chi connectivity index (χ3n) is 2.09. The van der Waals surface area contributed by atoms with Crippen molar-refractivity contribution in [2.75, 3.05) is 0 Å². The van der Waals surface area contributed by atoms with Gasteiger partial charge in [-0.1, -0.05) is 30.3 Å². The summed E-state index contributed by atoms with van der Waals surface area (Å²) >= 11 is 0. The van der Waals surface area contributed by atoms with E-state index >= 15 is 0 Å². The summed E-state index contributed by atoms with van der Waals surface area (Å²) in [6.45, 7) is -0.0653. The van der Waals surface area contributed by atoms with Crippen molar-refractivity contribution in [2.45, 2.75) is 6.54 Å². The van der Waals surface area contributed by atoms with Crippen LogP contribution in [0.5, 0.6) is 0 Å². The van der Waals surface area contributed by atoms with Gasteiger partial charge in [0.15, 0.2) is 0 Å². The average Bonchev–Trinajstić information content (AvgIpc) is 2.66. The first-order chi connectivity index (χ1) is 7.27. The van der Waals surface area contributed by atoms with E-state index in [0.29, 0.717) is 0 Å². The topological polar surface area (TPSA) is 55.1 Å². The van der Waals surface area contributed by atoms with Crippen molar-refractivity contribution in [3.63, 3.8) is 0 Å². The highest BCUT2D eigenvalue weighted by Crippen LogP contribution is 2.17. The van der Waals surface area contributed by atoms with Gasteiger partial charge in [-0.05, 0) is 5.56 Å². The summed E-state index contributed by atoms with van der Waals surface area (Å²) in [5.74, 6) is -0.870. The van der Waals surface area contributed by atoms with Gasteiger partial charge < -0.3 is 9.67 Å². The fourth-order valence-electron chi connectivity index (χ4n) is 1.44. The number of rotatable bonds is 3. The Morgan fingerprint density at radius 1 is 1.33 bits per heavy atom. The highest BCUT2D eigenvalue weighted by Gasteiger charge is 2.06. The van der Waals surface area contributed by atoms with Crippen LogP contribution in [-0.2, 0) is 11.3 Å². The van der Waals surface area contributed by atoms with Crippen molar-refractivity contribution in [3.8, 4) is 11.3 Å². The molecule has 0 atom stereocenters. The van der Waals surface area contributed by atoms with Crippen LogP contribution in [-0.4, -0.2) is 20.6 Å². The molecule has 2 aromatic rings. The van der Waals surface area contributed by atoms with Gasteiger partial charge in [-0.25, -0.2) is 4.98 Å². The van der Waals surface area contributed by atoms with E-state index in [1.807, 2.05) is 30.3 Å². The van der Waals surface area contributed by atoms with Gasteiger partial charge in [0, 0.05) is 0 Å². The molecule has 1 aromatic heterocycles. The van der Waals surface area contributed by atoms with Crippen molar-refractivity contribution < 1.29 is 9.90 Å². The van der Waals surface area contributed by atoms with E-state index in [0.717, 1.165) is 11.3 Å². The number of aromatic nitrogens is 2. The van der Waals surface area contributed by atoms with Gasteiger partial charge in [0.05, 0.1) is 18.2 Å². The van der Waals surface area contributed by atoms with Gasteiger partial charge in [-0.15, -0.1) is 0 Å². The van der Waals surface area contributed by atoms with Gasteiger partial charge in [0.25, 0.3) is 0 Å². The Morgan fingerprint density at radius 2 is 2.07 bits per heavy atom. The van der Waals surface area contributed by atoms with Crippen LogP contribution < -0.4 is 0 Å². The Labute approximate surface area is 86.8 Å². The first-order valence-corrected chi connectivity index (χ1v) is 4.55. The van der Waals surface area contributed by atoms with Crippen LogP contribution in [0.4, 0.5) is 0 Å². The van der Waals surface area contributed by atoms with Crippen LogP contribution in [0, 0.1) is 0 Å². The van der Waals surface area contributed by atoms with Crippen LogP contribution >= 0.6 is 0 Å². The molecular formula is C11H10N2O2. The fourth-order valence-corrected chi connectivity index (χ4v) is 1.44. The van der Waals surface area contributed by atoms with Crippen molar-refractivity contribution in [2.24, 2.45) is 0 Å². The van der Waals surface area contributed by atoms with Gasteiger partial charge >= 0.3 is 5.97 Å². The molecule has 0 bridgehead atoms. The number of benzene rings is 1. The summed E-state index contributed by atoms with van der Waals surface area (Å²) < 4.78 is 1.61. The summed E-state index contributed by atoms with van der Waals surface area (Å²) in [6, 6.07) is 9.59. The molecule has 0 amide bonds. The maximum Gasteiger partial charge on any atom is 0.323 e. The minimum Gasteiger partial charge on any atom is -0.480 e. The molecule has 0 saturated carbocycles. The lowest BCUT2D eigenvalue weighted by molar-refractivity contribution is -0.137. The largest absolute Gasteiger partial charge is 0.480 e. The first-order valence-electron chi connectivity index (χ1n) is 4.55. The zero-order valence-corrected chi connectivity index (χ0v) is 8.00. The molecule has 0 aliphatic rings. The van der Waals surface area contributed by atoms with Crippen LogP contribution in [0.3, 0.4) is 0 Å². The van der Waals surface area contributed by atoms with Crippen LogP contribution in [0.25, 0.3) is 11.3 Å². The number of imidazole rings is 1. The van der Waals surface area contributed by atoms with E-state index in [1.54, 1.807) is 10.8 Å². The summed E-state index contributed by atoms with van der Waals surface area (Å²) in [7, 11) is 0. The molecule has 0 radical (unpaired) electrons. The molecule has 0 fully saturated rings. The normalized spacial score (nSPS) is 10.1. The smallest absolute Gasteiger partial charge is 0.323 e. The lowest BCUT2D eigenvalue weighted by Gasteiger charge is -2.04. The van der Waals surface area contributed by atoms with Crippen LogP contribution in [0.15, 0.2) is 42.9 Å². The Kier molecular flexibility index (Phi) is 2.49. The first kappa shape index (κ1) is 9.45. The van der Waals surface area contributed by atoms with Crippen LogP contribution in [0.1, 0.15) is 0 Å². The zero-order valence-electron chi connectivity index (χ0n) is 8.00. The second-order valence-electron chi connectivity index (χ2n) is 3.17. The third-order valence-corrected chi connectivity index (χ3v) is 2.09. The molecule has 1 N–H and O–H groups in total. The maximum absolute atomic E-state index is 10.6. The number of carbonyl (C=O) groups is 1. The standard InChI is InChI=1S/C11H10N2O2/c14-11(15)7-13-8-12-6-10(13)9-4-2-1-3-5-9/h1-6,8H,7H2,(H,14,15). The van der Waals surface area contributed by atoms with Gasteiger partial charge in [0.1, 0.15) is 6.54 Å². The third kappa shape index (κ3) is 2.04. The SMILES string of the molecule is O=C(O)Cn1cncc1-c1ccccc1. The highest BCUT2D eigenvalue weighted by atomic mass is 16.4. The van der Waals surface area contributed by atoms with E-state index in [-0.39, 0.29) is 6.54 Å². The van der Waals surface area contributed by atoms with Crippen LogP contribution in [0.2, 0.25) is 0 Å². The molecule has 0 aliphatic carbocycles.